The second kappa shape index (κ2) is 35.7. The van der Waals surface area contributed by atoms with Crippen molar-refractivity contribution in [1.29, 1.82) is 0 Å². The Morgan fingerprint density at radius 2 is 0.931 bits per heavy atom. The molecule has 0 bridgehead atoms. The predicted octanol–water partition coefficient (Wildman–Crippen LogP) is 15.6. The fourth-order valence-corrected chi connectivity index (χ4v) is 15.1. The molecule has 11 rings (SSSR count). The van der Waals surface area contributed by atoms with Gasteiger partial charge in [-0.15, -0.1) is 0 Å². The number of halogens is 3. The highest BCUT2D eigenvalue weighted by Crippen LogP contribution is 2.37. The van der Waals surface area contributed by atoms with Crippen LogP contribution < -0.4 is 25.9 Å². The molecule has 0 amide bonds. The van der Waals surface area contributed by atoms with E-state index in [4.69, 9.17) is 52.8 Å². The number of rotatable bonds is 30. The molecule has 9 heterocycles. The first kappa shape index (κ1) is 81.3. The van der Waals surface area contributed by atoms with Crippen molar-refractivity contribution in [2.24, 2.45) is 0 Å². The van der Waals surface area contributed by atoms with Gasteiger partial charge in [0.25, 0.3) is 0 Å². The van der Waals surface area contributed by atoms with E-state index in [1.54, 1.807) is 18.3 Å². The van der Waals surface area contributed by atoms with Crippen LogP contribution in [0.4, 0.5) is 20.4 Å². The molecular formula is C74H114BF2IN12O8Si4. The molecule has 2 atom stereocenters. The van der Waals surface area contributed by atoms with Crippen LogP contribution in [0.15, 0.2) is 85.5 Å². The van der Waals surface area contributed by atoms with Crippen molar-refractivity contribution in [3.8, 4) is 11.1 Å². The van der Waals surface area contributed by atoms with E-state index < -0.39 is 50.6 Å². The fraction of sp³-hybridized carbons (Fsp3) is 0.595. The van der Waals surface area contributed by atoms with Crippen LogP contribution in [0.3, 0.4) is 0 Å². The minimum absolute atomic E-state index is 0.0131. The Morgan fingerprint density at radius 1 is 0.539 bits per heavy atom. The molecule has 0 spiro atoms. The number of ether oxygens (including phenoxy) is 6. The number of anilines is 2. The number of benzene rings is 2. The molecule has 102 heavy (non-hydrogen) atoms. The van der Waals surface area contributed by atoms with Gasteiger partial charge in [0, 0.05) is 161 Å². The normalized spacial score (nSPS) is 16.9. The summed E-state index contributed by atoms with van der Waals surface area (Å²) in [7, 11) is -5.30. The number of aromatic nitrogens is 8. The van der Waals surface area contributed by atoms with Crippen molar-refractivity contribution in [3.63, 3.8) is 0 Å². The van der Waals surface area contributed by atoms with Gasteiger partial charge < -0.3 is 58.2 Å². The molecule has 2 unspecified atom stereocenters. The zero-order valence-electron chi connectivity index (χ0n) is 64.0. The van der Waals surface area contributed by atoms with Gasteiger partial charge in [0.2, 0.25) is 0 Å². The highest BCUT2D eigenvalue weighted by Gasteiger charge is 2.52. The first-order valence-corrected chi connectivity index (χ1v) is 52.4. The summed E-state index contributed by atoms with van der Waals surface area (Å²) in [5.74, 6) is 1.25. The number of hydrogen-bond acceptors (Lipinski definition) is 18. The summed E-state index contributed by atoms with van der Waals surface area (Å²) in [6.07, 6.45) is 11.2. The molecule has 3 saturated heterocycles. The highest BCUT2D eigenvalue weighted by molar-refractivity contribution is 14.1. The largest absolute Gasteiger partial charge is 0.496 e. The molecule has 0 saturated carbocycles. The zero-order chi connectivity index (χ0) is 73.8. The van der Waals surface area contributed by atoms with Crippen LogP contribution in [0.25, 0.3) is 44.2 Å². The van der Waals surface area contributed by atoms with Crippen molar-refractivity contribution in [3.05, 3.63) is 112 Å². The maximum atomic E-state index is 14.1. The quantitative estimate of drug-likeness (QED) is 0.0187. The van der Waals surface area contributed by atoms with Crippen LogP contribution in [0.2, 0.25) is 103 Å². The maximum Gasteiger partial charge on any atom is 0.496 e. The van der Waals surface area contributed by atoms with Crippen molar-refractivity contribution < 1.29 is 46.5 Å². The van der Waals surface area contributed by atoms with Crippen LogP contribution >= 0.6 is 22.6 Å². The molecule has 6 aromatic heterocycles. The molecular weight excluding hydrogens is 1470 g/mol. The van der Waals surface area contributed by atoms with E-state index in [2.05, 4.69) is 163 Å². The van der Waals surface area contributed by atoms with Crippen molar-refractivity contribution in [1.82, 2.24) is 49.8 Å². The lowest BCUT2D eigenvalue weighted by molar-refractivity contribution is 0.00578. The first-order valence-electron chi connectivity index (χ1n) is 36.5. The summed E-state index contributed by atoms with van der Waals surface area (Å²) in [4.78, 5) is 23.4. The lowest BCUT2D eigenvalue weighted by atomic mass is 9.80. The van der Waals surface area contributed by atoms with E-state index in [1.165, 1.54) is 24.3 Å². The molecule has 8 aromatic rings. The predicted molar refractivity (Wildman–Crippen MR) is 428 cm³/mol. The Kier molecular flexibility index (Phi) is 28.5. The lowest BCUT2D eigenvalue weighted by Crippen LogP contribution is -2.41. The van der Waals surface area contributed by atoms with E-state index in [0.717, 1.165) is 160 Å². The average Bonchev–Trinajstić information content (AvgIpc) is 1.61. The van der Waals surface area contributed by atoms with Gasteiger partial charge in [0.15, 0.2) is 11.3 Å². The average molecular weight is 1590 g/mol. The third-order valence-corrected chi connectivity index (χ3v) is 26.5. The second-order valence-electron chi connectivity index (χ2n) is 33.4. The third-order valence-electron chi connectivity index (χ3n) is 19.0. The molecule has 2 aromatic carbocycles. The minimum Gasteiger partial charge on any atom is -0.399 e. The van der Waals surface area contributed by atoms with Crippen LogP contribution in [-0.4, -0.2) is 182 Å². The van der Waals surface area contributed by atoms with Gasteiger partial charge in [-0.25, -0.2) is 18.7 Å². The number of pyridine rings is 2. The van der Waals surface area contributed by atoms with Crippen molar-refractivity contribution in [2.75, 3.05) is 89.6 Å². The van der Waals surface area contributed by atoms with Gasteiger partial charge >= 0.3 is 7.12 Å². The minimum atomic E-state index is -1.25. The summed E-state index contributed by atoms with van der Waals surface area (Å²) in [6, 6.07) is 22.6. The van der Waals surface area contributed by atoms with Crippen LogP contribution in [0, 0.1) is 15.2 Å². The van der Waals surface area contributed by atoms with E-state index >= 15 is 0 Å². The molecule has 28 heteroatoms. The molecule has 3 aliphatic heterocycles. The molecule has 0 aliphatic carbocycles. The smallest absolute Gasteiger partial charge is 0.399 e. The van der Waals surface area contributed by atoms with Crippen molar-refractivity contribution in [2.45, 2.75) is 205 Å². The van der Waals surface area contributed by atoms with Gasteiger partial charge in [-0.3, -0.25) is 9.97 Å². The molecule has 558 valence electrons. The van der Waals surface area contributed by atoms with Gasteiger partial charge in [-0.2, -0.15) is 19.2 Å². The van der Waals surface area contributed by atoms with Gasteiger partial charge in [0.05, 0.1) is 49.6 Å². The summed E-state index contributed by atoms with van der Waals surface area (Å²) < 4.78 is 80.3. The van der Waals surface area contributed by atoms with Crippen LogP contribution in [0.1, 0.15) is 90.7 Å². The standard InChI is InChI=1S/C34H51FN6O3Si2.C25H46IN5O3Si2.C15H17BFNO2/c1-25(38-29-10-12-42-13-11-29)32-20-33(40(23-43-14-16-45(2,3)4)24-44-15-17-46(5,6)7)41-34(39-32)30(22-37-41)27-18-26-19-28(35)8-9-31(26)36-21-27;1-20(28-21-8-10-32-11-9-21)23-16-24(31-25(29-23)22(26)17-27-31)30(18-33-12-14-35(2,3)4)19-34-13-15-36(5,6)7;1-14(2)15(3,4)20-16(19-14)11-7-10-8-12(17)5-6-13(10)18-9-11/h8-9,18-22,25,29,38H,10-17,23-24H2,1-7H3;16-17,20-21,28H,8-15,18-19H2,1-7H3;5-9H,1-4H3. The van der Waals surface area contributed by atoms with E-state index in [-0.39, 0.29) is 23.7 Å². The Labute approximate surface area is 622 Å². The van der Waals surface area contributed by atoms with E-state index in [0.29, 0.717) is 57.9 Å². The van der Waals surface area contributed by atoms with Gasteiger partial charge in [-0.05, 0) is 156 Å². The fourth-order valence-electron chi connectivity index (χ4n) is 11.6. The number of nitrogens with zero attached hydrogens (tertiary/aromatic N) is 10. The molecule has 20 nitrogen and oxygen atoms in total. The number of fused-ring (bicyclic) bond motifs is 4. The third kappa shape index (κ3) is 23.9. The molecule has 0 radical (unpaired) electrons. The first-order chi connectivity index (χ1) is 48.1. The van der Waals surface area contributed by atoms with E-state index in [1.807, 2.05) is 67.4 Å². The molecule has 3 aliphatic rings. The summed E-state index contributed by atoms with van der Waals surface area (Å²) in [5, 5.41) is 18.5. The monoisotopic (exact) mass is 1590 g/mol. The second-order valence-corrected chi connectivity index (χ2v) is 57.0. The molecule has 2 N–H and O–H groups in total. The highest BCUT2D eigenvalue weighted by atomic mass is 127. The Bertz CT molecular complexity index is 3950. The summed E-state index contributed by atoms with van der Waals surface area (Å²) >= 11 is 2.32. The number of nitrogens with one attached hydrogen (secondary N) is 2. The summed E-state index contributed by atoms with van der Waals surface area (Å²) in [6.45, 7) is 48.6. The van der Waals surface area contributed by atoms with Gasteiger partial charge in [-0.1, -0.05) is 84.6 Å². The topological polar surface area (TPSA) is 191 Å². The molecule has 3 fully saturated rings. The number of hydrogen-bond donors (Lipinski definition) is 2. The SMILES string of the molecule is CC(NC1CCOCC1)c1cc(N(COCC[Si](C)(C)C)COCC[Si](C)(C)C)n2ncc(-c3cnc4ccc(F)cc4c3)c2n1.CC(NC1CCOCC1)c1cc(N(COCC[Si](C)(C)C)COCC[Si](C)(C)C)n2ncc(I)c2n1.CC1(C)OB(c2cnc3ccc(F)cc3c2)OC1(C)C. The Morgan fingerprint density at radius 3 is 1.36 bits per heavy atom. The van der Waals surface area contributed by atoms with Crippen molar-refractivity contribution >= 4 is 112 Å². The summed E-state index contributed by atoms with van der Waals surface area (Å²) in [5.41, 5.74) is 6.68. The van der Waals surface area contributed by atoms with E-state index in [9.17, 15) is 8.78 Å². The lowest BCUT2D eigenvalue weighted by Gasteiger charge is -2.32. The van der Waals surface area contributed by atoms with Gasteiger partial charge in [0.1, 0.15) is 50.2 Å². The Hall–Kier alpha value is -4.78. The van der Waals surface area contributed by atoms with Crippen LogP contribution in [-0.2, 0) is 37.7 Å². The maximum absolute atomic E-state index is 14.1. The van der Waals surface area contributed by atoms with Crippen LogP contribution in [0.5, 0.6) is 0 Å². The zero-order valence-corrected chi connectivity index (χ0v) is 70.1. The Balaban J connectivity index is 0.000000191.